The molecule has 6 aromatic carbocycles. The second-order valence-electron chi connectivity index (χ2n) is 22.6. The second-order valence-corrected chi connectivity index (χ2v) is 22.6. The van der Waals surface area contributed by atoms with Gasteiger partial charge >= 0.3 is 21.7 Å². The van der Waals surface area contributed by atoms with Crippen molar-refractivity contribution in [2.24, 2.45) is 0 Å². The third-order valence-corrected chi connectivity index (χ3v) is 11.2. The van der Waals surface area contributed by atoms with Crippen LogP contribution in [0.1, 0.15) is 164 Å². The van der Waals surface area contributed by atoms with Crippen molar-refractivity contribution in [2.45, 2.75) is 164 Å². The molecule has 0 spiro atoms. The van der Waals surface area contributed by atoms with Gasteiger partial charge in [-0.25, -0.2) is 0 Å². The quantitative estimate of drug-likeness (QED) is 0.120. The molecule has 6 aromatic rings. The molecule has 0 amide bonds. The van der Waals surface area contributed by atoms with Gasteiger partial charge in [0.15, 0.2) is 0 Å². The maximum atomic E-state index is 3.38. The van der Waals surface area contributed by atoms with E-state index < -0.39 is 0 Å². The van der Waals surface area contributed by atoms with Gasteiger partial charge in [0.1, 0.15) is 0 Å². The van der Waals surface area contributed by atoms with E-state index in [-0.39, 0.29) is 79.0 Å². The first kappa shape index (κ1) is 55.4. The molecule has 0 saturated heterocycles. The molecule has 0 aliphatic carbocycles. The van der Waals surface area contributed by atoms with Crippen LogP contribution in [0.5, 0.6) is 0 Å². The van der Waals surface area contributed by atoms with Crippen LogP contribution in [0.15, 0.2) is 97.1 Å². The Bertz CT molecular complexity index is 2060. The minimum Gasteiger partial charge on any atom is -1.00 e. The molecule has 0 radical (unpaired) electrons. The molecule has 0 unspecified atom stereocenters. The first-order chi connectivity index (χ1) is 25.9. The summed E-state index contributed by atoms with van der Waals surface area (Å²) in [5, 5.41) is 5.42. The molecule has 0 aromatic heterocycles. The van der Waals surface area contributed by atoms with E-state index in [9.17, 15) is 0 Å². The number of hydrogen-bond acceptors (Lipinski definition) is 0. The van der Waals surface area contributed by atoms with Crippen molar-refractivity contribution in [2.75, 3.05) is 0 Å². The minimum atomic E-state index is 0. The maximum Gasteiger partial charge on any atom is 2.00 e. The molecule has 0 N–H and O–H groups in total. The van der Waals surface area contributed by atoms with E-state index in [0.717, 1.165) is 6.42 Å². The first-order valence-corrected chi connectivity index (χ1v) is 21.3. The van der Waals surface area contributed by atoms with Gasteiger partial charge in [-0.3, -0.25) is 0 Å². The van der Waals surface area contributed by atoms with E-state index >= 15 is 0 Å². The van der Waals surface area contributed by atoms with Crippen molar-refractivity contribution in [1.29, 1.82) is 0 Å². The van der Waals surface area contributed by atoms with Crippen LogP contribution in [0.3, 0.4) is 0 Å². The molecule has 0 heterocycles. The van der Waals surface area contributed by atoms with Crippen LogP contribution in [0, 0.1) is 13.8 Å². The van der Waals surface area contributed by atoms with E-state index in [0.29, 0.717) is 0 Å². The average Bonchev–Trinajstić information content (AvgIpc) is 3.73. The molecule has 326 valence electrons. The predicted octanol–water partition coefficient (Wildman–Crippen LogP) is 11.3. The third-order valence-electron chi connectivity index (χ3n) is 11.2. The van der Waals surface area contributed by atoms with Crippen LogP contribution in [0.4, 0.5) is 0 Å². The van der Waals surface area contributed by atoms with Crippen LogP contribution in [-0.2, 0) is 54.2 Å². The molecular weight excluding hydrogens is 803 g/mol. The van der Waals surface area contributed by atoms with Gasteiger partial charge < -0.3 is 45.1 Å². The Morgan fingerprint density at radius 3 is 0.850 bits per heavy atom. The molecule has 0 saturated carbocycles. The fraction of sp³-hybridized carbons (Fsp3) is 0.439. The van der Waals surface area contributed by atoms with E-state index in [1.165, 1.54) is 77.2 Å². The van der Waals surface area contributed by atoms with Crippen LogP contribution < -0.4 is 24.8 Å². The Hall–Kier alpha value is -2.61. The number of fused-ring (bicyclic) bond motifs is 2. The van der Waals surface area contributed by atoms with Gasteiger partial charge in [-0.05, 0) is 65.9 Å². The van der Waals surface area contributed by atoms with Gasteiger partial charge in [-0.2, -0.15) is 12.1 Å². The zero-order chi connectivity index (χ0) is 43.1. The summed E-state index contributed by atoms with van der Waals surface area (Å²) >= 11 is 0. The van der Waals surface area contributed by atoms with Crippen molar-refractivity contribution in [3.05, 3.63) is 144 Å². The minimum absolute atomic E-state index is 0. The van der Waals surface area contributed by atoms with E-state index in [4.69, 9.17) is 0 Å². The van der Waals surface area contributed by atoms with Gasteiger partial charge in [0.25, 0.3) is 0 Å². The van der Waals surface area contributed by atoms with E-state index in [1.807, 2.05) is 0 Å². The third kappa shape index (κ3) is 13.7. The monoisotopic (exact) mass is 878 g/mol. The fourth-order valence-electron chi connectivity index (χ4n) is 7.14. The molecule has 0 fully saturated rings. The zero-order valence-electron chi connectivity index (χ0n) is 40.6. The van der Waals surface area contributed by atoms with E-state index in [2.05, 4.69) is 236 Å². The van der Waals surface area contributed by atoms with Crippen molar-refractivity contribution < 1.29 is 46.5 Å². The summed E-state index contributed by atoms with van der Waals surface area (Å²) < 4.78 is 0. The number of rotatable bonds is 2. The summed E-state index contributed by atoms with van der Waals surface area (Å²) in [6, 6.07) is 37.3. The normalized spacial score (nSPS) is 12.3. The average molecular weight is 880 g/mol. The van der Waals surface area contributed by atoms with E-state index in [1.54, 1.807) is 0 Å². The van der Waals surface area contributed by atoms with Gasteiger partial charge in [-0.1, -0.05) is 184 Å². The second kappa shape index (κ2) is 20.3. The summed E-state index contributed by atoms with van der Waals surface area (Å²) in [6.07, 6.45) is 0.750. The summed E-state index contributed by atoms with van der Waals surface area (Å²) in [4.78, 5) is 0. The Morgan fingerprint density at radius 1 is 0.383 bits per heavy atom. The largest absolute Gasteiger partial charge is 2.00 e. The van der Waals surface area contributed by atoms with Gasteiger partial charge in [0, 0.05) is 0 Å². The number of hydrogen-bond donors (Lipinski definition) is 0. The molecule has 0 aliphatic rings. The SMILES string of the molecule is CC(C)(C)c1cc(-c2cccc3[cH-]c(C(C)(C)C)cc23)cc(C(C)(C)C)c1.CC(C)(C)c1cc(-c2cccc3[cH-]c(C(C)(C)C)cc23)cc(C(C)(C)C)c1.[CH2-]C[CH2-].[Cl-].[Cl-].[Ti+2]. The molecule has 60 heavy (non-hydrogen) atoms. The molecule has 3 heteroatoms. The van der Waals surface area contributed by atoms with Crippen LogP contribution in [-0.4, -0.2) is 0 Å². The standard InChI is InChI=1S/2C27H35.C3H6.2ClH.Ti/c2*1-25(2,3)20-14-19(15-21(16-20)26(4,5)6)23-12-10-11-18-13-22(17-24(18)23)27(7,8)9;1-3-2;;;/h2*10-17H,1-9H3;1-3H2;2*1H;/q2*-1;-2;;;+2/p-2. The Kier molecular flexibility index (Phi) is 18.7. The Balaban J connectivity index is 0.000000538. The smallest absolute Gasteiger partial charge is 1.00 e. The molecule has 0 aliphatic heterocycles. The van der Waals surface area contributed by atoms with Gasteiger partial charge in [0.2, 0.25) is 0 Å². The number of halogens is 2. The van der Waals surface area contributed by atoms with Gasteiger partial charge in [-0.15, -0.1) is 69.1 Å². The van der Waals surface area contributed by atoms with Gasteiger partial charge in [0.05, 0.1) is 0 Å². The fourth-order valence-corrected chi connectivity index (χ4v) is 7.14. The van der Waals surface area contributed by atoms with Crippen LogP contribution in [0.2, 0.25) is 0 Å². The molecular formula is C57H76Cl2Ti-4. The summed E-state index contributed by atoms with van der Waals surface area (Å²) in [6.45, 7) is 48.2. The Labute approximate surface area is 395 Å². The van der Waals surface area contributed by atoms with Crippen LogP contribution in [0.25, 0.3) is 43.8 Å². The van der Waals surface area contributed by atoms with Crippen molar-refractivity contribution >= 4 is 21.5 Å². The Morgan fingerprint density at radius 2 is 0.633 bits per heavy atom. The summed E-state index contributed by atoms with van der Waals surface area (Å²) in [5.41, 5.74) is 14.7. The number of benzene rings is 4. The summed E-state index contributed by atoms with van der Waals surface area (Å²) in [5.74, 6) is 0. The van der Waals surface area contributed by atoms with Crippen molar-refractivity contribution in [1.82, 2.24) is 0 Å². The molecule has 6 rings (SSSR count). The first-order valence-electron chi connectivity index (χ1n) is 21.3. The topological polar surface area (TPSA) is 0 Å². The summed E-state index contributed by atoms with van der Waals surface area (Å²) in [7, 11) is 0. The predicted molar refractivity (Wildman–Crippen MR) is 257 cm³/mol. The van der Waals surface area contributed by atoms with Crippen molar-refractivity contribution in [3.63, 3.8) is 0 Å². The maximum absolute atomic E-state index is 3.38. The zero-order valence-corrected chi connectivity index (χ0v) is 43.7. The molecule has 0 nitrogen and oxygen atoms in total. The molecule has 0 atom stereocenters. The van der Waals surface area contributed by atoms with Crippen molar-refractivity contribution in [3.8, 4) is 22.3 Å². The molecule has 0 bridgehead atoms. The van der Waals surface area contributed by atoms with Crippen LogP contribution >= 0.6 is 0 Å².